The van der Waals surface area contributed by atoms with Crippen molar-refractivity contribution < 1.29 is 23.5 Å². The second kappa shape index (κ2) is 10.00. The van der Waals surface area contributed by atoms with E-state index in [4.69, 9.17) is 18.7 Å². The van der Waals surface area contributed by atoms with Gasteiger partial charge in [-0.05, 0) is 36.6 Å². The third kappa shape index (κ3) is 4.36. The van der Waals surface area contributed by atoms with Crippen LogP contribution in [0, 0.1) is 0 Å². The van der Waals surface area contributed by atoms with Gasteiger partial charge in [-0.25, -0.2) is 9.89 Å². The molecule has 4 rings (SSSR count). The number of ether oxygens (including phenoxy) is 3. The third-order valence-corrected chi connectivity index (χ3v) is 5.95. The minimum absolute atomic E-state index is 0.159. The Kier molecular flexibility index (Phi) is 6.87. The fourth-order valence-electron chi connectivity index (χ4n) is 3.59. The summed E-state index contributed by atoms with van der Waals surface area (Å²) >= 11 is 1.65. The second-order valence-electron chi connectivity index (χ2n) is 7.25. The molecule has 1 aromatic carbocycles. The largest absolute Gasteiger partial charge is 0.493 e. The Morgan fingerprint density at radius 1 is 1.21 bits per heavy atom. The quantitative estimate of drug-likeness (QED) is 0.353. The van der Waals surface area contributed by atoms with Crippen LogP contribution in [0.5, 0.6) is 11.5 Å². The lowest BCUT2D eigenvalue weighted by Crippen LogP contribution is -2.17. The number of pyridine rings is 1. The molecule has 12 heteroatoms. The number of methoxy groups -OCH3 is 3. The van der Waals surface area contributed by atoms with Crippen LogP contribution in [0.3, 0.4) is 0 Å². The zero-order valence-corrected chi connectivity index (χ0v) is 19.8. The first-order valence-corrected chi connectivity index (χ1v) is 11.6. The molecule has 11 nitrogen and oxygen atoms in total. The Balaban J connectivity index is 1.79. The van der Waals surface area contributed by atoms with E-state index in [0.29, 0.717) is 35.2 Å². The van der Waals surface area contributed by atoms with E-state index in [0.717, 1.165) is 5.75 Å². The number of carbonyl (C=O) groups excluding carboxylic acids is 1. The van der Waals surface area contributed by atoms with Crippen LogP contribution in [0.1, 0.15) is 28.7 Å². The Bertz CT molecular complexity index is 1330. The van der Waals surface area contributed by atoms with Crippen LogP contribution in [0.25, 0.3) is 22.6 Å². The highest BCUT2D eigenvalue weighted by atomic mass is 32.2. The van der Waals surface area contributed by atoms with E-state index in [9.17, 15) is 9.59 Å². The Morgan fingerprint density at radius 3 is 2.71 bits per heavy atom. The molecule has 1 N–H and O–H groups in total. The summed E-state index contributed by atoms with van der Waals surface area (Å²) in [5, 5.41) is 10.5. The van der Waals surface area contributed by atoms with Crippen molar-refractivity contribution in [1.29, 1.82) is 0 Å². The third-order valence-electron chi connectivity index (χ3n) is 5.31. The predicted molar refractivity (Wildman–Crippen MR) is 125 cm³/mol. The highest BCUT2D eigenvalue weighted by molar-refractivity contribution is 7.98. The number of nitrogens with zero attached hydrogens (tertiary/aromatic N) is 4. The number of aromatic amines is 1. The Morgan fingerprint density at radius 2 is 2.00 bits per heavy atom. The normalized spacial score (nSPS) is 12.0. The topological polar surface area (TPSA) is 134 Å². The minimum Gasteiger partial charge on any atom is -0.493 e. The smallest absolute Gasteiger partial charge is 0.341 e. The predicted octanol–water partition coefficient (Wildman–Crippen LogP) is 2.87. The van der Waals surface area contributed by atoms with E-state index in [2.05, 4.69) is 20.3 Å². The summed E-state index contributed by atoms with van der Waals surface area (Å²) in [6, 6.07) is 4.89. The first kappa shape index (κ1) is 23.4. The Hall–Kier alpha value is -3.80. The van der Waals surface area contributed by atoms with Gasteiger partial charge in [0.2, 0.25) is 11.7 Å². The molecular formula is C22H23N5O6S. The Labute approximate surface area is 198 Å². The van der Waals surface area contributed by atoms with Gasteiger partial charge >= 0.3 is 5.97 Å². The van der Waals surface area contributed by atoms with Crippen LogP contribution < -0.4 is 15.0 Å². The number of aromatic nitrogens is 5. The molecule has 1 atom stereocenters. The highest BCUT2D eigenvalue weighted by Gasteiger charge is 2.27. The van der Waals surface area contributed by atoms with Crippen LogP contribution in [0.4, 0.5) is 0 Å². The van der Waals surface area contributed by atoms with Gasteiger partial charge in [-0.3, -0.25) is 4.79 Å². The van der Waals surface area contributed by atoms with Crippen LogP contribution in [-0.4, -0.2) is 64.2 Å². The average molecular weight is 486 g/mol. The molecule has 2 aromatic rings. The molecule has 2 aliphatic heterocycles. The summed E-state index contributed by atoms with van der Waals surface area (Å²) < 4.78 is 22.9. The molecule has 3 heterocycles. The number of carbonyl (C=O) groups is 1. The molecule has 0 saturated carbocycles. The highest BCUT2D eigenvalue weighted by Crippen LogP contribution is 2.33. The zero-order chi connectivity index (χ0) is 24.2. The summed E-state index contributed by atoms with van der Waals surface area (Å²) in [5.74, 6) is 1.98. The molecule has 178 valence electrons. The van der Waals surface area contributed by atoms with E-state index in [-0.39, 0.29) is 16.8 Å². The van der Waals surface area contributed by atoms with Crippen LogP contribution in [0.15, 0.2) is 39.9 Å². The molecule has 0 radical (unpaired) electrons. The van der Waals surface area contributed by atoms with Crippen molar-refractivity contribution in [2.45, 2.75) is 12.5 Å². The number of esters is 1. The van der Waals surface area contributed by atoms with Crippen molar-refractivity contribution in [2.24, 2.45) is 0 Å². The van der Waals surface area contributed by atoms with E-state index < -0.39 is 17.6 Å². The second-order valence-corrected chi connectivity index (χ2v) is 8.23. The summed E-state index contributed by atoms with van der Waals surface area (Å²) in [6.45, 7) is 0. The maximum absolute atomic E-state index is 12.4. The monoisotopic (exact) mass is 485 g/mol. The van der Waals surface area contributed by atoms with Crippen molar-refractivity contribution in [2.75, 3.05) is 33.3 Å². The summed E-state index contributed by atoms with van der Waals surface area (Å²) in [7, 11) is 4.38. The number of benzene rings is 1. The first-order chi connectivity index (χ1) is 16.5. The average Bonchev–Trinajstić information content (AvgIpc) is 3.50. The number of thioether (sulfide) groups is 1. The minimum atomic E-state index is -0.606. The summed E-state index contributed by atoms with van der Waals surface area (Å²) in [5.41, 5.74) is 0.940. The summed E-state index contributed by atoms with van der Waals surface area (Å²) in [6.07, 6.45) is 5.80. The van der Waals surface area contributed by atoms with Crippen molar-refractivity contribution in [3.8, 4) is 34.1 Å². The van der Waals surface area contributed by atoms with Crippen molar-refractivity contribution >= 4 is 17.7 Å². The lowest BCUT2D eigenvalue weighted by atomic mass is 10.1. The SMILES string of the molecule is COC(=O)c1cn([C@@H](CCSC)c2nc(-c3ccc(OC)c(OC)c3)no2)cc2c(=O)[nH]nc1-2. The first-order valence-electron chi connectivity index (χ1n) is 10.2. The number of fused-ring (bicyclic) bond motifs is 1. The zero-order valence-electron chi connectivity index (χ0n) is 19.0. The van der Waals surface area contributed by atoms with Crippen LogP contribution in [-0.2, 0) is 4.74 Å². The molecule has 0 spiro atoms. The van der Waals surface area contributed by atoms with Crippen LogP contribution >= 0.6 is 11.8 Å². The molecule has 1 aromatic heterocycles. The van der Waals surface area contributed by atoms with Crippen molar-refractivity contribution in [3.63, 3.8) is 0 Å². The van der Waals surface area contributed by atoms with Gasteiger partial charge in [0.05, 0.1) is 26.9 Å². The molecule has 34 heavy (non-hydrogen) atoms. The van der Waals surface area contributed by atoms with Crippen LogP contribution in [0.2, 0.25) is 0 Å². The maximum Gasteiger partial charge on any atom is 0.341 e. The van der Waals surface area contributed by atoms with Gasteiger partial charge in [-0.15, -0.1) is 0 Å². The fraction of sp³-hybridized carbons (Fsp3) is 0.318. The molecule has 0 bridgehead atoms. The van der Waals surface area contributed by atoms with E-state index in [1.807, 2.05) is 6.26 Å². The van der Waals surface area contributed by atoms with Crippen molar-refractivity contribution in [3.05, 3.63) is 52.4 Å². The van der Waals surface area contributed by atoms with Gasteiger partial charge in [0.25, 0.3) is 5.56 Å². The van der Waals surface area contributed by atoms with Gasteiger partial charge in [-0.2, -0.15) is 21.8 Å². The molecule has 0 saturated heterocycles. The lowest BCUT2D eigenvalue weighted by Gasteiger charge is -2.19. The van der Waals surface area contributed by atoms with Gasteiger partial charge < -0.3 is 23.3 Å². The molecule has 0 amide bonds. The van der Waals surface area contributed by atoms with Gasteiger partial charge in [-0.1, -0.05) is 5.16 Å². The number of hydrogen-bond acceptors (Lipinski definition) is 10. The summed E-state index contributed by atoms with van der Waals surface area (Å²) in [4.78, 5) is 29.3. The van der Waals surface area contributed by atoms with E-state index in [1.165, 1.54) is 7.11 Å². The molecule has 0 aliphatic carbocycles. The molecule has 2 aliphatic rings. The number of nitrogens with one attached hydrogen (secondary N) is 1. The van der Waals surface area contributed by atoms with Gasteiger partial charge in [0, 0.05) is 18.0 Å². The van der Waals surface area contributed by atoms with E-state index in [1.54, 1.807) is 61.1 Å². The lowest BCUT2D eigenvalue weighted by molar-refractivity contribution is 0.0600. The van der Waals surface area contributed by atoms with E-state index >= 15 is 0 Å². The van der Waals surface area contributed by atoms with Gasteiger partial charge in [0.15, 0.2) is 11.5 Å². The number of hydrogen-bond donors (Lipinski definition) is 1. The number of rotatable bonds is 9. The molecule has 0 unspecified atom stereocenters. The number of H-pyrrole nitrogens is 1. The molecular weight excluding hydrogens is 462 g/mol. The van der Waals surface area contributed by atoms with Crippen molar-refractivity contribution in [1.82, 2.24) is 24.9 Å². The maximum atomic E-state index is 12.4. The molecule has 0 fully saturated rings. The fourth-order valence-corrected chi connectivity index (χ4v) is 4.05. The van der Waals surface area contributed by atoms with Gasteiger partial charge in [0.1, 0.15) is 17.3 Å². The standard InChI is InChI=1S/C22H23N5O6S/c1-30-16-6-5-12(9-17(16)31-2)19-23-21(33-26-19)15(7-8-34-4)27-10-13-18(24-25-20(13)28)14(11-27)22(29)32-3/h5-6,9-11,15H,7-8H2,1-4H3,(H,25,28)/t15-/m0/s1.